The van der Waals surface area contributed by atoms with E-state index in [1.807, 2.05) is 6.07 Å². The Bertz CT molecular complexity index is 408. The van der Waals surface area contributed by atoms with E-state index in [0.29, 0.717) is 5.56 Å². The molecule has 0 bridgehead atoms. The van der Waals surface area contributed by atoms with Crippen LogP contribution >= 0.6 is 31.9 Å². The highest BCUT2D eigenvalue weighted by Crippen LogP contribution is 2.31. The van der Waals surface area contributed by atoms with E-state index in [0.717, 1.165) is 34.0 Å². The molecule has 0 heterocycles. The summed E-state index contributed by atoms with van der Waals surface area (Å²) >= 11 is 6.81. The van der Waals surface area contributed by atoms with Crippen molar-refractivity contribution < 1.29 is 9.53 Å². The molecule has 1 N–H and O–H groups in total. The molecule has 0 amide bonds. The molecule has 5 heteroatoms. The van der Waals surface area contributed by atoms with Gasteiger partial charge in [0.1, 0.15) is 0 Å². The SMILES string of the molecule is CCCCNc1c(Br)cc(Br)cc1C(=O)OC. The minimum Gasteiger partial charge on any atom is -0.465 e. The molecule has 94 valence electrons. The summed E-state index contributed by atoms with van der Waals surface area (Å²) in [6.45, 7) is 2.96. The first kappa shape index (κ1) is 14.5. The second kappa shape index (κ2) is 7.01. The maximum absolute atomic E-state index is 11.7. The Morgan fingerprint density at radius 2 is 2.12 bits per heavy atom. The van der Waals surface area contributed by atoms with Gasteiger partial charge >= 0.3 is 5.97 Å². The van der Waals surface area contributed by atoms with Crippen LogP contribution in [0.5, 0.6) is 0 Å². The average molecular weight is 365 g/mol. The topological polar surface area (TPSA) is 38.3 Å². The number of anilines is 1. The molecule has 0 fully saturated rings. The van der Waals surface area contributed by atoms with Crippen LogP contribution in [0.3, 0.4) is 0 Å². The Morgan fingerprint density at radius 3 is 2.71 bits per heavy atom. The van der Waals surface area contributed by atoms with Gasteiger partial charge in [0.05, 0.1) is 18.4 Å². The van der Waals surface area contributed by atoms with Crippen LogP contribution in [0.15, 0.2) is 21.1 Å². The number of carbonyl (C=O) groups is 1. The molecule has 0 aliphatic heterocycles. The fourth-order valence-corrected chi connectivity index (χ4v) is 2.78. The number of nitrogens with one attached hydrogen (secondary N) is 1. The molecule has 0 radical (unpaired) electrons. The van der Waals surface area contributed by atoms with Gasteiger partial charge in [-0.3, -0.25) is 0 Å². The van der Waals surface area contributed by atoms with E-state index < -0.39 is 0 Å². The molecule has 0 aromatic heterocycles. The minimum absolute atomic E-state index is 0.342. The lowest BCUT2D eigenvalue weighted by Gasteiger charge is -2.13. The summed E-state index contributed by atoms with van der Waals surface area (Å²) in [6, 6.07) is 3.66. The summed E-state index contributed by atoms with van der Waals surface area (Å²) in [6.07, 6.45) is 2.16. The summed E-state index contributed by atoms with van der Waals surface area (Å²) in [5.74, 6) is -0.342. The van der Waals surface area contributed by atoms with Crippen molar-refractivity contribution in [3.05, 3.63) is 26.6 Å². The summed E-state index contributed by atoms with van der Waals surface area (Å²) in [5, 5.41) is 3.26. The molecule has 0 saturated carbocycles. The Hall–Kier alpha value is -0.550. The summed E-state index contributed by atoms with van der Waals surface area (Å²) in [5.41, 5.74) is 1.32. The largest absolute Gasteiger partial charge is 0.465 e. The lowest BCUT2D eigenvalue weighted by atomic mass is 10.1. The predicted molar refractivity (Wildman–Crippen MR) is 76.6 cm³/mol. The van der Waals surface area contributed by atoms with Gasteiger partial charge in [0.2, 0.25) is 0 Å². The Kier molecular flexibility index (Phi) is 5.98. The number of hydrogen-bond donors (Lipinski definition) is 1. The number of benzene rings is 1. The first-order chi connectivity index (χ1) is 8.10. The van der Waals surface area contributed by atoms with Crippen LogP contribution in [0, 0.1) is 0 Å². The van der Waals surface area contributed by atoms with E-state index in [-0.39, 0.29) is 5.97 Å². The lowest BCUT2D eigenvalue weighted by Crippen LogP contribution is -2.10. The molecule has 0 spiro atoms. The first-order valence-electron chi connectivity index (χ1n) is 5.41. The number of halogens is 2. The number of unbranched alkanes of at least 4 members (excludes halogenated alkanes) is 1. The van der Waals surface area contributed by atoms with Crippen molar-refractivity contribution in [1.82, 2.24) is 0 Å². The first-order valence-corrected chi connectivity index (χ1v) is 7.00. The molecule has 0 saturated heterocycles. The number of esters is 1. The van der Waals surface area contributed by atoms with Crippen molar-refractivity contribution in [2.75, 3.05) is 19.0 Å². The quantitative estimate of drug-likeness (QED) is 0.628. The summed E-state index contributed by atoms with van der Waals surface area (Å²) < 4.78 is 6.46. The second-order valence-corrected chi connectivity index (χ2v) is 5.35. The Morgan fingerprint density at radius 1 is 1.41 bits per heavy atom. The van der Waals surface area contributed by atoms with Gasteiger partial charge in [-0.1, -0.05) is 29.3 Å². The van der Waals surface area contributed by atoms with Gasteiger partial charge in [0, 0.05) is 15.5 Å². The molecular formula is C12H15Br2NO2. The van der Waals surface area contributed by atoms with E-state index in [9.17, 15) is 4.79 Å². The Balaban J connectivity index is 3.03. The standard InChI is InChI=1S/C12H15Br2NO2/c1-3-4-5-15-11-9(12(16)17-2)6-8(13)7-10(11)14/h6-7,15H,3-5H2,1-2H3. The molecule has 0 aliphatic carbocycles. The maximum atomic E-state index is 11.7. The van der Waals surface area contributed by atoms with E-state index in [2.05, 4.69) is 44.1 Å². The highest BCUT2D eigenvalue weighted by atomic mass is 79.9. The molecule has 1 aromatic rings. The third kappa shape index (κ3) is 4.00. The molecule has 1 rings (SSSR count). The van der Waals surface area contributed by atoms with Gasteiger partial charge in [-0.15, -0.1) is 0 Å². The van der Waals surface area contributed by atoms with Gasteiger partial charge < -0.3 is 10.1 Å². The molecule has 17 heavy (non-hydrogen) atoms. The number of ether oxygens (including phenoxy) is 1. The van der Waals surface area contributed by atoms with Gasteiger partial charge in [-0.25, -0.2) is 4.79 Å². The van der Waals surface area contributed by atoms with E-state index in [1.54, 1.807) is 6.07 Å². The van der Waals surface area contributed by atoms with Crippen LogP contribution < -0.4 is 5.32 Å². The summed E-state index contributed by atoms with van der Waals surface area (Å²) in [4.78, 5) is 11.7. The molecular weight excluding hydrogens is 350 g/mol. The van der Waals surface area contributed by atoms with Crippen LogP contribution in [0.1, 0.15) is 30.1 Å². The van der Waals surface area contributed by atoms with Crippen molar-refractivity contribution in [3.63, 3.8) is 0 Å². The van der Waals surface area contributed by atoms with Gasteiger partial charge in [0.15, 0.2) is 0 Å². The number of hydrogen-bond acceptors (Lipinski definition) is 3. The highest BCUT2D eigenvalue weighted by Gasteiger charge is 2.15. The van der Waals surface area contributed by atoms with E-state index in [4.69, 9.17) is 4.74 Å². The summed E-state index contributed by atoms with van der Waals surface area (Å²) in [7, 11) is 1.38. The van der Waals surface area contributed by atoms with Crippen molar-refractivity contribution in [1.29, 1.82) is 0 Å². The fraction of sp³-hybridized carbons (Fsp3) is 0.417. The zero-order chi connectivity index (χ0) is 12.8. The molecule has 1 aromatic carbocycles. The second-order valence-electron chi connectivity index (χ2n) is 3.58. The van der Waals surface area contributed by atoms with E-state index in [1.165, 1.54) is 7.11 Å². The van der Waals surface area contributed by atoms with Crippen molar-refractivity contribution in [3.8, 4) is 0 Å². The van der Waals surface area contributed by atoms with Crippen molar-refractivity contribution in [2.45, 2.75) is 19.8 Å². The smallest absolute Gasteiger partial charge is 0.340 e. The predicted octanol–water partition coefficient (Wildman–Crippen LogP) is 4.21. The normalized spacial score (nSPS) is 10.1. The zero-order valence-corrected chi connectivity index (χ0v) is 13.0. The van der Waals surface area contributed by atoms with E-state index >= 15 is 0 Å². The number of carbonyl (C=O) groups excluding carboxylic acids is 1. The van der Waals surface area contributed by atoms with Crippen LogP contribution in [-0.2, 0) is 4.74 Å². The fourth-order valence-electron chi connectivity index (χ4n) is 1.41. The van der Waals surface area contributed by atoms with Crippen LogP contribution in [0.25, 0.3) is 0 Å². The number of methoxy groups -OCH3 is 1. The average Bonchev–Trinajstić information content (AvgIpc) is 2.30. The zero-order valence-electron chi connectivity index (χ0n) is 9.85. The maximum Gasteiger partial charge on any atom is 0.340 e. The highest BCUT2D eigenvalue weighted by molar-refractivity contribution is 9.11. The van der Waals surface area contributed by atoms with Gasteiger partial charge in [-0.2, -0.15) is 0 Å². The van der Waals surface area contributed by atoms with Crippen LogP contribution in [-0.4, -0.2) is 19.6 Å². The third-order valence-electron chi connectivity index (χ3n) is 2.29. The van der Waals surface area contributed by atoms with Crippen LogP contribution in [0.4, 0.5) is 5.69 Å². The third-order valence-corrected chi connectivity index (χ3v) is 3.38. The van der Waals surface area contributed by atoms with Crippen molar-refractivity contribution >= 4 is 43.5 Å². The minimum atomic E-state index is -0.342. The van der Waals surface area contributed by atoms with Crippen molar-refractivity contribution in [2.24, 2.45) is 0 Å². The lowest BCUT2D eigenvalue weighted by molar-refractivity contribution is 0.0601. The monoisotopic (exact) mass is 363 g/mol. The molecule has 0 atom stereocenters. The molecule has 3 nitrogen and oxygen atoms in total. The molecule has 0 unspecified atom stereocenters. The van der Waals surface area contributed by atoms with Gasteiger partial charge in [0.25, 0.3) is 0 Å². The number of rotatable bonds is 5. The van der Waals surface area contributed by atoms with Gasteiger partial charge in [-0.05, 0) is 34.5 Å². The molecule has 0 aliphatic rings. The van der Waals surface area contributed by atoms with Crippen LogP contribution in [0.2, 0.25) is 0 Å². The Labute approximate surface area is 118 Å².